The minimum Gasteiger partial charge on any atom is -0.462 e. The number of hydrogen-bond acceptors (Lipinski definition) is 3. The molecule has 3 heteroatoms. The van der Waals surface area contributed by atoms with Crippen LogP contribution in [0.2, 0.25) is 0 Å². The molecular formula is C19H37NO2. The summed E-state index contributed by atoms with van der Waals surface area (Å²) in [7, 11) is 0. The van der Waals surface area contributed by atoms with Crippen LogP contribution in [0, 0.1) is 0 Å². The first kappa shape index (κ1) is 21.2. The van der Waals surface area contributed by atoms with Crippen LogP contribution in [0.15, 0.2) is 11.6 Å². The molecule has 0 rings (SSSR count). The predicted molar refractivity (Wildman–Crippen MR) is 94.8 cm³/mol. The molecule has 22 heavy (non-hydrogen) atoms. The van der Waals surface area contributed by atoms with E-state index in [1.54, 1.807) is 0 Å². The van der Waals surface area contributed by atoms with Crippen LogP contribution in [-0.2, 0) is 9.53 Å². The molecule has 0 spiro atoms. The summed E-state index contributed by atoms with van der Waals surface area (Å²) in [5, 5.41) is 0. The Kier molecular flexibility index (Phi) is 15.9. The van der Waals surface area contributed by atoms with Crippen molar-refractivity contribution < 1.29 is 9.53 Å². The standard InChI is InChI=1S/C19H37NO2/c1-3-15-18(4-2)19(21)22-17-14-12-10-8-6-5-7-9-11-13-16-20/h15H,3-14,16-17,20H2,1-2H3. The van der Waals surface area contributed by atoms with Crippen molar-refractivity contribution in [2.45, 2.75) is 90.9 Å². The van der Waals surface area contributed by atoms with Crippen LogP contribution in [0.1, 0.15) is 90.9 Å². The topological polar surface area (TPSA) is 52.3 Å². The van der Waals surface area contributed by atoms with Gasteiger partial charge in [0.25, 0.3) is 0 Å². The molecule has 0 fully saturated rings. The number of ether oxygens (including phenoxy) is 1. The van der Waals surface area contributed by atoms with Gasteiger partial charge in [0.1, 0.15) is 0 Å². The quantitative estimate of drug-likeness (QED) is 0.259. The van der Waals surface area contributed by atoms with E-state index in [4.69, 9.17) is 10.5 Å². The molecule has 0 radical (unpaired) electrons. The van der Waals surface area contributed by atoms with Gasteiger partial charge in [0.15, 0.2) is 0 Å². The first-order chi connectivity index (χ1) is 10.8. The highest BCUT2D eigenvalue weighted by Crippen LogP contribution is 2.11. The van der Waals surface area contributed by atoms with Crippen molar-refractivity contribution in [3.63, 3.8) is 0 Å². The van der Waals surface area contributed by atoms with Crippen molar-refractivity contribution in [1.82, 2.24) is 0 Å². The highest BCUT2D eigenvalue weighted by Gasteiger charge is 2.07. The van der Waals surface area contributed by atoms with E-state index in [1.807, 2.05) is 19.9 Å². The number of nitrogens with two attached hydrogens (primary N) is 1. The lowest BCUT2D eigenvalue weighted by Gasteiger charge is -2.06. The Hall–Kier alpha value is -0.830. The number of rotatable bonds is 15. The Morgan fingerprint density at radius 3 is 1.82 bits per heavy atom. The Balaban J connectivity index is 3.33. The smallest absolute Gasteiger partial charge is 0.333 e. The van der Waals surface area contributed by atoms with Gasteiger partial charge in [-0.1, -0.05) is 71.3 Å². The molecule has 0 saturated carbocycles. The molecular weight excluding hydrogens is 274 g/mol. The highest BCUT2D eigenvalue weighted by molar-refractivity contribution is 5.88. The third kappa shape index (κ3) is 12.9. The normalized spacial score (nSPS) is 11.7. The Labute approximate surface area is 137 Å². The molecule has 0 aliphatic carbocycles. The van der Waals surface area contributed by atoms with Gasteiger partial charge in [-0.15, -0.1) is 0 Å². The van der Waals surface area contributed by atoms with E-state index in [2.05, 4.69) is 0 Å². The lowest BCUT2D eigenvalue weighted by Crippen LogP contribution is -2.08. The number of esters is 1. The van der Waals surface area contributed by atoms with Gasteiger partial charge in [0.05, 0.1) is 6.61 Å². The maximum atomic E-state index is 11.7. The third-order valence-electron chi connectivity index (χ3n) is 3.93. The predicted octanol–water partition coefficient (Wildman–Crippen LogP) is 5.14. The van der Waals surface area contributed by atoms with Crippen LogP contribution < -0.4 is 5.73 Å². The fourth-order valence-corrected chi connectivity index (χ4v) is 2.54. The lowest BCUT2D eigenvalue weighted by atomic mass is 10.1. The molecule has 0 amide bonds. The molecule has 0 saturated heterocycles. The van der Waals surface area contributed by atoms with E-state index in [0.29, 0.717) is 6.61 Å². The van der Waals surface area contributed by atoms with Crippen LogP contribution in [0.5, 0.6) is 0 Å². The average molecular weight is 312 g/mol. The molecule has 2 N–H and O–H groups in total. The number of unbranched alkanes of at least 4 members (excludes halogenated alkanes) is 9. The van der Waals surface area contributed by atoms with Crippen molar-refractivity contribution >= 4 is 5.97 Å². The maximum absolute atomic E-state index is 11.7. The van der Waals surface area contributed by atoms with Crippen molar-refractivity contribution in [2.24, 2.45) is 5.73 Å². The number of carbonyl (C=O) groups is 1. The molecule has 0 heterocycles. The van der Waals surface area contributed by atoms with Gasteiger partial charge in [-0.2, -0.15) is 0 Å². The first-order valence-electron chi connectivity index (χ1n) is 9.32. The van der Waals surface area contributed by atoms with E-state index in [0.717, 1.165) is 31.4 Å². The number of carbonyl (C=O) groups excluding carboxylic acids is 1. The molecule has 130 valence electrons. The van der Waals surface area contributed by atoms with Gasteiger partial charge in [-0.05, 0) is 32.2 Å². The molecule has 3 nitrogen and oxygen atoms in total. The summed E-state index contributed by atoms with van der Waals surface area (Å²) in [5.74, 6) is -0.123. The first-order valence-corrected chi connectivity index (χ1v) is 9.32. The van der Waals surface area contributed by atoms with Gasteiger partial charge in [0.2, 0.25) is 0 Å². The second kappa shape index (κ2) is 16.5. The second-order valence-corrected chi connectivity index (χ2v) is 5.95. The molecule has 0 aromatic rings. The van der Waals surface area contributed by atoms with Gasteiger partial charge in [-0.3, -0.25) is 0 Å². The molecule has 0 unspecified atom stereocenters. The molecule has 0 aromatic heterocycles. The summed E-state index contributed by atoms with van der Waals surface area (Å²) in [6.45, 7) is 5.44. The van der Waals surface area contributed by atoms with Gasteiger partial charge >= 0.3 is 5.97 Å². The zero-order valence-corrected chi connectivity index (χ0v) is 14.9. The van der Waals surface area contributed by atoms with Crippen molar-refractivity contribution in [2.75, 3.05) is 13.2 Å². The highest BCUT2D eigenvalue weighted by atomic mass is 16.5. The van der Waals surface area contributed by atoms with Gasteiger partial charge in [0, 0.05) is 5.57 Å². The van der Waals surface area contributed by atoms with Crippen LogP contribution in [0.25, 0.3) is 0 Å². The Bertz CT molecular complexity index is 287. The maximum Gasteiger partial charge on any atom is 0.333 e. The summed E-state index contributed by atoms with van der Waals surface area (Å²) in [4.78, 5) is 11.7. The molecule has 0 atom stereocenters. The van der Waals surface area contributed by atoms with Crippen molar-refractivity contribution in [1.29, 1.82) is 0 Å². The summed E-state index contributed by atoms with van der Waals surface area (Å²) >= 11 is 0. The summed E-state index contributed by atoms with van der Waals surface area (Å²) in [6.07, 6.45) is 16.2. The van der Waals surface area contributed by atoms with E-state index in [-0.39, 0.29) is 5.97 Å². The van der Waals surface area contributed by atoms with Crippen molar-refractivity contribution in [3.05, 3.63) is 11.6 Å². The zero-order valence-electron chi connectivity index (χ0n) is 14.9. The minimum absolute atomic E-state index is 0.123. The Morgan fingerprint density at radius 2 is 1.36 bits per heavy atom. The van der Waals surface area contributed by atoms with Crippen LogP contribution in [-0.4, -0.2) is 19.1 Å². The summed E-state index contributed by atoms with van der Waals surface area (Å²) < 4.78 is 5.31. The zero-order chi connectivity index (χ0) is 16.5. The molecule has 0 aromatic carbocycles. The molecule has 0 aliphatic heterocycles. The number of hydrogen-bond donors (Lipinski definition) is 1. The SMILES string of the molecule is CCC=C(CC)C(=O)OCCCCCCCCCCCCN. The Morgan fingerprint density at radius 1 is 0.864 bits per heavy atom. The molecule has 0 bridgehead atoms. The number of allylic oxidation sites excluding steroid dienone is 1. The van der Waals surface area contributed by atoms with E-state index < -0.39 is 0 Å². The fraction of sp³-hybridized carbons (Fsp3) is 0.842. The monoisotopic (exact) mass is 311 g/mol. The molecule has 0 aliphatic rings. The van der Waals surface area contributed by atoms with E-state index >= 15 is 0 Å². The fourth-order valence-electron chi connectivity index (χ4n) is 2.54. The van der Waals surface area contributed by atoms with E-state index in [9.17, 15) is 4.79 Å². The minimum atomic E-state index is -0.123. The second-order valence-electron chi connectivity index (χ2n) is 5.95. The van der Waals surface area contributed by atoms with Crippen LogP contribution in [0.4, 0.5) is 0 Å². The van der Waals surface area contributed by atoms with E-state index in [1.165, 1.54) is 57.8 Å². The lowest BCUT2D eigenvalue weighted by molar-refractivity contribution is -0.139. The van der Waals surface area contributed by atoms with Crippen LogP contribution >= 0.6 is 0 Å². The van der Waals surface area contributed by atoms with Gasteiger partial charge < -0.3 is 10.5 Å². The summed E-state index contributed by atoms with van der Waals surface area (Å²) in [6, 6.07) is 0. The van der Waals surface area contributed by atoms with Gasteiger partial charge in [-0.25, -0.2) is 4.79 Å². The largest absolute Gasteiger partial charge is 0.462 e. The average Bonchev–Trinajstić information content (AvgIpc) is 2.53. The van der Waals surface area contributed by atoms with Crippen LogP contribution in [0.3, 0.4) is 0 Å². The third-order valence-corrected chi connectivity index (χ3v) is 3.93. The van der Waals surface area contributed by atoms with Crippen molar-refractivity contribution in [3.8, 4) is 0 Å². The summed E-state index contributed by atoms with van der Waals surface area (Å²) in [5.41, 5.74) is 6.29.